The SMILES string of the molecule is Cc1ccccc1OCC(=O)N1CCN(c2nc3c(C)ccc(Cl)c3s2)CC1. The molecule has 1 aliphatic rings. The highest BCUT2D eigenvalue weighted by Gasteiger charge is 2.24. The lowest BCUT2D eigenvalue weighted by atomic mass is 10.2. The Hall–Kier alpha value is -2.31. The summed E-state index contributed by atoms with van der Waals surface area (Å²) < 4.78 is 6.73. The lowest BCUT2D eigenvalue weighted by molar-refractivity contribution is -0.133. The van der Waals surface area contributed by atoms with E-state index < -0.39 is 0 Å². The van der Waals surface area contributed by atoms with Crippen LogP contribution in [0.15, 0.2) is 36.4 Å². The van der Waals surface area contributed by atoms with Gasteiger partial charge in [-0.3, -0.25) is 4.79 Å². The Morgan fingerprint density at radius 1 is 1.11 bits per heavy atom. The molecule has 0 aliphatic carbocycles. The monoisotopic (exact) mass is 415 g/mol. The number of carbonyl (C=O) groups is 1. The Balaban J connectivity index is 1.37. The second-order valence-corrected chi connectivity index (χ2v) is 8.35. The third-order valence-electron chi connectivity index (χ3n) is 5.03. The standard InChI is InChI=1S/C21H22ClN3O2S/c1-14-5-3-4-6-17(14)27-13-18(26)24-9-11-25(12-10-24)21-23-19-15(2)7-8-16(22)20(19)28-21/h3-8H,9-13H2,1-2H3. The van der Waals surface area contributed by atoms with Crippen molar-refractivity contribution in [2.45, 2.75) is 13.8 Å². The van der Waals surface area contributed by atoms with Crippen molar-refractivity contribution in [1.82, 2.24) is 9.88 Å². The molecule has 146 valence electrons. The molecule has 0 saturated carbocycles. The second kappa shape index (κ2) is 7.97. The van der Waals surface area contributed by atoms with Gasteiger partial charge in [-0.05, 0) is 37.1 Å². The Bertz CT molecular complexity index is 973. The third kappa shape index (κ3) is 3.80. The molecule has 0 bridgehead atoms. The summed E-state index contributed by atoms with van der Waals surface area (Å²) in [7, 11) is 0. The fraction of sp³-hybridized carbons (Fsp3) is 0.333. The number of thiazole rings is 1. The van der Waals surface area contributed by atoms with Gasteiger partial charge in [0.05, 0.1) is 15.2 Å². The number of carbonyl (C=O) groups excluding carboxylic acids is 1. The van der Waals surface area contributed by atoms with E-state index in [1.165, 1.54) is 0 Å². The lowest BCUT2D eigenvalue weighted by Crippen LogP contribution is -2.50. The van der Waals surface area contributed by atoms with Gasteiger partial charge in [-0.25, -0.2) is 4.98 Å². The summed E-state index contributed by atoms with van der Waals surface area (Å²) in [5.74, 6) is 0.780. The number of benzene rings is 2. The summed E-state index contributed by atoms with van der Waals surface area (Å²) >= 11 is 7.95. The summed E-state index contributed by atoms with van der Waals surface area (Å²) in [5, 5.41) is 1.71. The third-order valence-corrected chi connectivity index (χ3v) is 6.61. The number of anilines is 1. The van der Waals surface area contributed by atoms with Crippen molar-refractivity contribution in [1.29, 1.82) is 0 Å². The maximum atomic E-state index is 12.5. The molecule has 1 saturated heterocycles. The highest BCUT2D eigenvalue weighted by atomic mass is 35.5. The van der Waals surface area contributed by atoms with Crippen molar-refractivity contribution in [2.75, 3.05) is 37.7 Å². The van der Waals surface area contributed by atoms with Crippen molar-refractivity contribution >= 4 is 44.2 Å². The van der Waals surface area contributed by atoms with Crippen LogP contribution in [-0.4, -0.2) is 48.6 Å². The normalized spacial score (nSPS) is 14.5. The maximum Gasteiger partial charge on any atom is 0.260 e. The molecular weight excluding hydrogens is 394 g/mol. The average molecular weight is 416 g/mol. The quantitative estimate of drug-likeness (QED) is 0.637. The molecular formula is C21H22ClN3O2S. The van der Waals surface area contributed by atoms with Crippen LogP contribution in [0, 0.1) is 13.8 Å². The van der Waals surface area contributed by atoms with Crippen LogP contribution < -0.4 is 9.64 Å². The fourth-order valence-corrected chi connectivity index (χ4v) is 4.69. The molecule has 3 aromatic rings. The van der Waals surface area contributed by atoms with E-state index in [1.54, 1.807) is 11.3 Å². The van der Waals surface area contributed by atoms with Gasteiger partial charge in [0.1, 0.15) is 5.75 Å². The van der Waals surface area contributed by atoms with Crippen LogP contribution in [-0.2, 0) is 4.79 Å². The zero-order valence-electron chi connectivity index (χ0n) is 15.9. The molecule has 5 nitrogen and oxygen atoms in total. The molecule has 0 atom stereocenters. The van der Waals surface area contributed by atoms with Gasteiger partial charge in [0.15, 0.2) is 11.7 Å². The molecule has 2 heterocycles. The van der Waals surface area contributed by atoms with E-state index in [1.807, 2.05) is 55.1 Å². The highest BCUT2D eigenvalue weighted by molar-refractivity contribution is 7.22. The number of aromatic nitrogens is 1. The van der Waals surface area contributed by atoms with E-state index >= 15 is 0 Å². The number of ether oxygens (including phenoxy) is 1. The minimum absolute atomic E-state index is 0.0195. The Morgan fingerprint density at radius 3 is 2.57 bits per heavy atom. The molecule has 1 fully saturated rings. The van der Waals surface area contributed by atoms with Crippen LogP contribution in [0.1, 0.15) is 11.1 Å². The topological polar surface area (TPSA) is 45.7 Å². The molecule has 1 aromatic heterocycles. The molecule has 0 radical (unpaired) electrons. The fourth-order valence-electron chi connectivity index (χ4n) is 3.32. The molecule has 0 N–H and O–H groups in total. The smallest absolute Gasteiger partial charge is 0.260 e. The van der Waals surface area contributed by atoms with Crippen molar-refractivity contribution in [3.8, 4) is 5.75 Å². The first-order chi connectivity index (χ1) is 13.5. The van der Waals surface area contributed by atoms with Crippen LogP contribution in [0.2, 0.25) is 5.02 Å². The number of rotatable bonds is 4. The van der Waals surface area contributed by atoms with Crippen molar-refractivity contribution in [3.63, 3.8) is 0 Å². The zero-order chi connectivity index (χ0) is 19.7. The van der Waals surface area contributed by atoms with Crippen LogP contribution in [0.5, 0.6) is 5.75 Å². The van der Waals surface area contributed by atoms with Crippen LogP contribution in [0.4, 0.5) is 5.13 Å². The first-order valence-electron chi connectivity index (χ1n) is 9.30. The number of fused-ring (bicyclic) bond motifs is 1. The number of hydrogen-bond donors (Lipinski definition) is 0. The van der Waals surface area contributed by atoms with E-state index in [9.17, 15) is 4.79 Å². The molecule has 7 heteroatoms. The van der Waals surface area contributed by atoms with Gasteiger partial charge >= 0.3 is 0 Å². The molecule has 0 spiro atoms. The maximum absolute atomic E-state index is 12.5. The lowest BCUT2D eigenvalue weighted by Gasteiger charge is -2.34. The van der Waals surface area contributed by atoms with Gasteiger partial charge < -0.3 is 14.5 Å². The Labute approximate surface area is 173 Å². The number of nitrogens with zero attached hydrogens (tertiary/aromatic N) is 3. The van der Waals surface area contributed by atoms with Crippen LogP contribution in [0.25, 0.3) is 10.2 Å². The first kappa shape index (κ1) is 19.0. The van der Waals surface area contributed by atoms with E-state index in [4.69, 9.17) is 21.3 Å². The van der Waals surface area contributed by atoms with Crippen LogP contribution >= 0.6 is 22.9 Å². The molecule has 0 unspecified atom stereocenters. The van der Waals surface area contributed by atoms with Gasteiger partial charge in [0, 0.05) is 26.2 Å². The zero-order valence-corrected chi connectivity index (χ0v) is 17.5. The first-order valence-corrected chi connectivity index (χ1v) is 10.5. The predicted octanol–water partition coefficient (Wildman–Crippen LogP) is 4.29. The summed E-state index contributed by atoms with van der Waals surface area (Å²) in [6.45, 7) is 6.94. The minimum Gasteiger partial charge on any atom is -0.484 e. The number of piperazine rings is 1. The second-order valence-electron chi connectivity index (χ2n) is 6.96. The van der Waals surface area contributed by atoms with E-state index in [-0.39, 0.29) is 12.5 Å². The largest absolute Gasteiger partial charge is 0.484 e. The van der Waals surface area contributed by atoms with Gasteiger partial charge in [-0.1, -0.05) is 47.2 Å². The summed E-state index contributed by atoms with van der Waals surface area (Å²) in [6.07, 6.45) is 0. The van der Waals surface area contributed by atoms with E-state index in [2.05, 4.69) is 4.90 Å². The average Bonchev–Trinajstić information content (AvgIpc) is 3.17. The predicted molar refractivity (Wildman–Crippen MR) is 115 cm³/mol. The summed E-state index contributed by atoms with van der Waals surface area (Å²) in [5.41, 5.74) is 3.13. The number of halogens is 1. The van der Waals surface area contributed by atoms with Gasteiger partial charge in [0.25, 0.3) is 5.91 Å². The van der Waals surface area contributed by atoms with Gasteiger partial charge in [0.2, 0.25) is 0 Å². The van der Waals surface area contributed by atoms with E-state index in [0.29, 0.717) is 13.1 Å². The van der Waals surface area contributed by atoms with Crippen molar-refractivity contribution in [2.24, 2.45) is 0 Å². The van der Waals surface area contributed by atoms with Gasteiger partial charge in [-0.2, -0.15) is 0 Å². The molecule has 1 amide bonds. The van der Waals surface area contributed by atoms with Crippen LogP contribution in [0.3, 0.4) is 0 Å². The Morgan fingerprint density at radius 2 is 1.86 bits per heavy atom. The minimum atomic E-state index is 0.0195. The molecule has 4 rings (SSSR count). The van der Waals surface area contributed by atoms with E-state index in [0.717, 1.165) is 50.3 Å². The number of para-hydroxylation sites is 1. The Kier molecular flexibility index (Phi) is 5.42. The van der Waals surface area contributed by atoms with Gasteiger partial charge in [-0.15, -0.1) is 0 Å². The number of amides is 1. The number of aryl methyl sites for hydroxylation is 2. The molecule has 28 heavy (non-hydrogen) atoms. The van der Waals surface area contributed by atoms with Crippen molar-refractivity contribution in [3.05, 3.63) is 52.5 Å². The summed E-state index contributed by atoms with van der Waals surface area (Å²) in [6, 6.07) is 11.7. The number of hydrogen-bond acceptors (Lipinski definition) is 5. The highest BCUT2D eigenvalue weighted by Crippen LogP contribution is 2.35. The molecule has 1 aliphatic heterocycles. The summed E-state index contributed by atoms with van der Waals surface area (Å²) in [4.78, 5) is 21.4. The molecule has 2 aromatic carbocycles. The van der Waals surface area contributed by atoms with Crippen molar-refractivity contribution < 1.29 is 9.53 Å².